The van der Waals surface area contributed by atoms with Gasteiger partial charge in [0.2, 0.25) is 0 Å². The highest BCUT2D eigenvalue weighted by Gasteiger charge is 2.04. The Bertz CT molecular complexity index is 265. The smallest absolute Gasteiger partial charge is 0.128 e. The normalized spacial score (nSPS) is 10.3. The molecule has 84 valence electrons. The lowest BCUT2D eigenvalue weighted by atomic mass is 10.3. The summed E-state index contributed by atoms with van der Waals surface area (Å²) in [6, 6.07) is 4.11. The number of anilines is 1. The summed E-state index contributed by atoms with van der Waals surface area (Å²) in [6.45, 7) is 6.52. The van der Waals surface area contributed by atoms with Gasteiger partial charge in [-0.25, -0.2) is 4.98 Å². The Kier molecular flexibility index (Phi) is 5.48. The highest BCUT2D eigenvalue weighted by Crippen LogP contribution is 2.13. The summed E-state index contributed by atoms with van der Waals surface area (Å²) >= 11 is 5.73. The van der Waals surface area contributed by atoms with Crippen molar-refractivity contribution in [3.8, 4) is 0 Å². The lowest BCUT2D eigenvalue weighted by Gasteiger charge is -2.22. The van der Waals surface area contributed by atoms with E-state index in [1.54, 1.807) is 0 Å². The van der Waals surface area contributed by atoms with Gasteiger partial charge in [0, 0.05) is 25.2 Å². The van der Waals surface area contributed by atoms with Gasteiger partial charge in [0.1, 0.15) is 5.82 Å². The molecule has 2 nitrogen and oxygen atoms in total. The first-order valence-corrected chi connectivity index (χ1v) is 6.11. The van der Waals surface area contributed by atoms with Crippen LogP contribution in [0.1, 0.15) is 32.3 Å². The molecule has 0 spiro atoms. The lowest BCUT2D eigenvalue weighted by molar-refractivity contribution is 0.734. The molecule has 0 saturated carbocycles. The van der Waals surface area contributed by atoms with Gasteiger partial charge in [-0.1, -0.05) is 19.9 Å². The molecule has 0 fully saturated rings. The average molecular weight is 227 g/mol. The molecule has 0 unspecified atom stereocenters. The Morgan fingerprint density at radius 3 is 2.27 bits per heavy atom. The molecular weight excluding hydrogens is 208 g/mol. The molecule has 0 atom stereocenters. The van der Waals surface area contributed by atoms with Crippen LogP contribution in [-0.4, -0.2) is 18.1 Å². The summed E-state index contributed by atoms with van der Waals surface area (Å²) < 4.78 is 0. The number of aromatic nitrogens is 1. The largest absolute Gasteiger partial charge is 0.357 e. The molecule has 0 aliphatic carbocycles. The second-order valence-electron chi connectivity index (χ2n) is 3.65. The van der Waals surface area contributed by atoms with Crippen molar-refractivity contribution in [3.63, 3.8) is 0 Å². The fourth-order valence-corrected chi connectivity index (χ4v) is 1.72. The third-order valence-corrected chi connectivity index (χ3v) is 2.58. The molecule has 0 saturated heterocycles. The number of pyridine rings is 1. The molecule has 0 bridgehead atoms. The number of nitrogens with zero attached hydrogens (tertiary/aromatic N) is 2. The van der Waals surface area contributed by atoms with Crippen molar-refractivity contribution >= 4 is 17.4 Å². The summed E-state index contributed by atoms with van der Waals surface area (Å²) in [5, 5.41) is 0. The zero-order valence-corrected chi connectivity index (χ0v) is 10.3. The molecule has 1 heterocycles. The zero-order valence-electron chi connectivity index (χ0n) is 9.54. The number of halogens is 1. The van der Waals surface area contributed by atoms with E-state index in [0.29, 0.717) is 5.88 Å². The summed E-state index contributed by atoms with van der Waals surface area (Å²) in [6.07, 6.45) is 4.17. The van der Waals surface area contributed by atoms with E-state index < -0.39 is 0 Å². The van der Waals surface area contributed by atoms with Gasteiger partial charge < -0.3 is 4.90 Å². The lowest BCUT2D eigenvalue weighted by Crippen LogP contribution is -2.25. The molecular formula is C12H19ClN2. The second kappa shape index (κ2) is 6.67. The summed E-state index contributed by atoms with van der Waals surface area (Å²) in [5.41, 5.74) is 1.08. The Hall–Kier alpha value is -0.760. The number of rotatable bonds is 6. The maximum Gasteiger partial charge on any atom is 0.128 e. The van der Waals surface area contributed by atoms with Crippen LogP contribution in [0.25, 0.3) is 0 Å². The van der Waals surface area contributed by atoms with E-state index in [4.69, 9.17) is 11.6 Å². The minimum atomic E-state index is 0.537. The molecule has 0 radical (unpaired) electrons. The molecule has 0 aromatic carbocycles. The Balaban J connectivity index is 2.72. The van der Waals surface area contributed by atoms with Gasteiger partial charge >= 0.3 is 0 Å². The van der Waals surface area contributed by atoms with E-state index in [1.165, 1.54) is 0 Å². The van der Waals surface area contributed by atoms with Gasteiger partial charge in [-0.3, -0.25) is 0 Å². The summed E-state index contributed by atoms with van der Waals surface area (Å²) in [5.74, 6) is 1.60. The van der Waals surface area contributed by atoms with Crippen molar-refractivity contribution in [2.75, 3.05) is 18.0 Å². The first kappa shape index (κ1) is 12.3. The van der Waals surface area contributed by atoms with E-state index in [9.17, 15) is 0 Å². The standard InChI is InChI=1S/C12H19ClN2/c1-3-7-15(8-4-2)12-6-5-11(9-13)10-14-12/h5-6,10H,3-4,7-9H2,1-2H3. The second-order valence-corrected chi connectivity index (χ2v) is 3.91. The first-order valence-electron chi connectivity index (χ1n) is 5.57. The Morgan fingerprint density at radius 2 is 1.87 bits per heavy atom. The highest BCUT2D eigenvalue weighted by molar-refractivity contribution is 6.17. The molecule has 1 aromatic heterocycles. The van der Waals surface area contributed by atoms with Crippen LogP contribution < -0.4 is 4.90 Å². The molecule has 1 rings (SSSR count). The minimum Gasteiger partial charge on any atom is -0.357 e. The predicted molar refractivity (Wildman–Crippen MR) is 66.6 cm³/mol. The van der Waals surface area contributed by atoms with Crippen LogP contribution in [0.5, 0.6) is 0 Å². The van der Waals surface area contributed by atoms with Gasteiger partial charge in [0.25, 0.3) is 0 Å². The minimum absolute atomic E-state index is 0.537. The van der Waals surface area contributed by atoms with Gasteiger partial charge in [-0.05, 0) is 24.5 Å². The van der Waals surface area contributed by atoms with Crippen molar-refractivity contribution in [1.29, 1.82) is 0 Å². The molecule has 1 aromatic rings. The summed E-state index contributed by atoms with van der Waals surface area (Å²) in [4.78, 5) is 6.75. The van der Waals surface area contributed by atoms with E-state index in [2.05, 4.69) is 29.8 Å². The first-order chi connectivity index (χ1) is 7.31. The van der Waals surface area contributed by atoms with Crippen LogP contribution in [0.2, 0.25) is 0 Å². The van der Waals surface area contributed by atoms with E-state index >= 15 is 0 Å². The SMILES string of the molecule is CCCN(CCC)c1ccc(CCl)cn1. The van der Waals surface area contributed by atoms with Crippen molar-refractivity contribution in [1.82, 2.24) is 4.98 Å². The molecule has 0 aliphatic heterocycles. The maximum absolute atomic E-state index is 5.73. The highest BCUT2D eigenvalue weighted by atomic mass is 35.5. The van der Waals surface area contributed by atoms with Gasteiger partial charge in [-0.2, -0.15) is 0 Å². The molecule has 3 heteroatoms. The fourth-order valence-electron chi connectivity index (χ4n) is 1.56. The van der Waals surface area contributed by atoms with E-state index in [-0.39, 0.29) is 0 Å². The van der Waals surface area contributed by atoms with Crippen LogP contribution in [0, 0.1) is 0 Å². The number of alkyl halides is 1. The van der Waals surface area contributed by atoms with Crippen LogP contribution in [0.4, 0.5) is 5.82 Å². The summed E-state index contributed by atoms with van der Waals surface area (Å²) in [7, 11) is 0. The molecule has 0 N–H and O–H groups in total. The van der Waals surface area contributed by atoms with Crippen molar-refractivity contribution in [2.24, 2.45) is 0 Å². The Labute approximate surface area is 97.3 Å². The third-order valence-electron chi connectivity index (χ3n) is 2.27. The molecule has 0 aliphatic rings. The fraction of sp³-hybridized carbons (Fsp3) is 0.583. The maximum atomic E-state index is 5.73. The van der Waals surface area contributed by atoms with Gasteiger partial charge in [-0.15, -0.1) is 11.6 Å². The van der Waals surface area contributed by atoms with E-state index in [1.807, 2.05) is 12.3 Å². The average Bonchev–Trinajstić information content (AvgIpc) is 2.29. The number of hydrogen-bond acceptors (Lipinski definition) is 2. The number of hydrogen-bond donors (Lipinski definition) is 0. The zero-order chi connectivity index (χ0) is 11.1. The van der Waals surface area contributed by atoms with Gasteiger partial charge in [0.15, 0.2) is 0 Å². The van der Waals surface area contributed by atoms with Crippen LogP contribution in [0.3, 0.4) is 0 Å². The van der Waals surface area contributed by atoms with E-state index in [0.717, 1.165) is 37.3 Å². The van der Waals surface area contributed by atoms with Crippen LogP contribution in [0.15, 0.2) is 18.3 Å². The molecule has 15 heavy (non-hydrogen) atoms. The topological polar surface area (TPSA) is 16.1 Å². The predicted octanol–water partition coefficient (Wildman–Crippen LogP) is 3.45. The molecule has 0 amide bonds. The van der Waals surface area contributed by atoms with Crippen LogP contribution in [-0.2, 0) is 5.88 Å². The Morgan fingerprint density at radius 1 is 1.20 bits per heavy atom. The monoisotopic (exact) mass is 226 g/mol. The van der Waals surface area contributed by atoms with Crippen molar-refractivity contribution in [2.45, 2.75) is 32.6 Å². The third kappa shape index (κ3) is 3.71. The van der Waals surface area contributed by atoms with Crippen molar-refractivity contribution < 1.29 is 0 Å². The van der Waals surface area contributed by atoms with Gasteiger partial charge in [0.05, 0.1) is 0 Å². The quantitative estimate of drug-likeness (QED) is 0.691. The van der Waals surface area contributed by atoms with Crippen molar-refractivity contribution in [3.05, 3.63) is 23.9 Å². The van der Waals surface area contributed by atoms with Crippen LogP contribution >= 0.6 is 11.6 Å².